The van der Waals surface area contributed by atoms with Gasteiger partial charge in [0.15, 0.2) is 0 Å². The summed E-state index contributed by atoms with van der Waals surface area (Å²) in [5, 5.41) is 3.68. The minimum Gasteiger partial charge on any atom is -0.493 e. The molecule has 0 radical (unpaired) electrons. The van der Waals surface area contributed by atoms with E-state index in [4.69, 9.17) is 18.6 Å². The average molecular weight is 639 g/mol. The van der Waals surface area contributed by atoms with E-state index in [0.717, 1.165) is 39.3 Å². The lowest BCUT2D eigenvalue weighted by Gasteiger charge is -2.39. The number of methoxy groups -OCH3 is 1. The first-order valence-electron chi connectivity index (χ1n) is 16.0. The van der Waals surface area contributed by atoms with E-state index >= 15 is 0 Å². The van der Waals surface area contributed by atoms with Crippen molar-refractivity contribution in [3.05, 3.63) is 180 Å². The third-order valence-electron chi connectivity index (χ3n) is 8.17. The molecule has 7 nitrogen and oxygen atoms in total. The molecule has 0 spiro atoms. The molecule has 0 aliphatic rings. The Morgan fingerprint density at radius 2 is 1.29 bits per heavy atom. The first kappa shape index (κ1) is 32.4. The van der Waals surface area contributed by atoms with E-state index in [2.05, 4.69) is 46.7 Å². The van der Waals surface area contributed by atoms with Crippen LogP contribution in [0.3, 0.4) is 0 Å². The van der Waals surface area contributed by atoms with Crippen molar-refractivity contribution in [1.29, 1.82) is 0 Å². The van der Waals surface area contributed by atoms with Crippen LogP contribution in [0.1, 0.15) is 27.9 Å². The number of rotatable bonds is 15. The summed E-state index contributed by atoms with van der Waals surface area (Å²) in [6, 6.07) is 47.2. The standard InChI is InChI=1S/C41H38N2O5/c1-45-40(44)38(43-41(33-16-8-3-9-17-33,34-18-10-4-11-19-34)35-20-12-5-13-21-35)30-46-28-31-22-24-37(25-23-31)47-27-26-36-29-48-39(42-36)32-14-6-2-7-15-32/h2-25,29,38,43H,26-28,30H2,1H3/t38-/m0/s1. The van der Waals surface area contributed by atoms with Gasteiger partial charge in [-0.1, -0.05) is 121 Å². The van der Waals surface area contributed by atoms with E-state index in [9.17, 15) is 4.79 Å². The molecular weight excluding hydrogens is 600 g/mol. The molecule has 0 fully saturated rings. The van der Waals surface area contributed by atoms with E-state index in [1.54, 1.807) is 6.26 Å². The number of esters is 1. The molecule has 6 rings (SSSR count). The van der Waals surface area contributed by atoms with Crippen LogP contribution < -0.4 is 10.1 Å². The first-order valence-corrected chi connectivity index (χ1v) is 16.0. The molecule has 5 aromatic carbocycles. The zero-order valence-electron chi connectivity index (χ0n) is 26.8. The van der Waals surface area contributed by atoms with Crippen molar-refractivity contribution < 1.29 is 23.4 Å². The normalized spacial score (nSPS) is 11.9. The number of hydrogen-bond acceptors (Lipinski definition) is 7. The van der Waals surface area contributed by atoms with Gasteiger partial charge in [0.05, 0.1) is 38.2 Å². The largest absolute Gasteiger partial charge is 0.493 e. The van der Waals surface area contributed by atoms with Gasteiger partial charge in [-0.3, -0.25) is 10.1 Å². The number of ether oxygens (including phenoxy) is 3. The Morgan fingerprint density at radius 1 is 0.750 bits per heavy atom. The predicted octanol–water partition coefficient (Wildman–Crippen LogP) is 7.60. The smallest absolute Gasteiger partial charge is 0.325 e. The Morgan fingerprint density at radius 3 is 1.83 bits per heavy atom. The van der Waals surface area contributed by atoms with Crippen LogP contribution in [0.25, 0.3) is 11.5 Å². The second-order valence-corrected chi connectivity index (χ2v) is 11.3. The minimum absolute atomic E-state index is 0.0991. The van der Waals surface area contributed by atoms with Crippen LogP contribution in [0.2, 0.25) is 0 Å². The van der Waals surface area contributed by atoms with Gasteiger partial charge in [0.25, 0.3) is 0 Å². The zero-order chi connectivity index (χ0) is 33.0. The zero-order valence-corrected chi connectivity index (χ0v) is 26.8. The Kier molecular flexibility index (Phi) is 10.7. The number of benzene rings is 5. The van der Waals surface area contributed by atoms with Crippen LogP contribution in [-0.2, 0) is 32.8 Å². The highest BCUT2D eigenvalue weighted by Crippen LogP contribution is 2.37. The Labute approximate surface area is 281 Å². The molecule has 1 atom stereocenters. The summed E-state index contributed by atoms with van der Waals surface area (Å²) in [6.45, 7) is 0.878. The number of carbonyl (C=O) groups excluding carboxylic acids is 1. The molecule has 0 aliphatic carbocycles. The third kappa shape index (κ3) is 7.72. The molecule has 0 saturated carbocycles. The van der Waals surface area contributed by atoms with Gasteiger partial charge in [0.2, 0.25) is 5.89 Å². The number of nitrogens with zero attached hydrogens (tertiary/aromatic N) is 1. The van der Waals surface area contributed by atoms with E-state index in [1.165, 1.54) is 7.11 Å². The van der Waals surface area contributed by atoms with Gasteiger partial charge in [-0.15, -0.1) is 0 Å². The van der Waals surface area contributed by atoms with Crippen molar-refractivity contribution in [3.8, 4) is 17.2 Å². The van der Waals surface area contributed by atoms with Crippen LogP contribution in [0.5, 0.6) is 5.75 Å². The van der Waals surface area contributed by atoms with Crippen molar-refractivity contribution in [2.75, 3.05) is 20.3 Å². The van der Waals surface area contributed by atoms with E-state index in [1.807, 2.05) is 109 Å². The summed E-state index contributed by atoms with van der Waals surface area (Å²) >= 11 is 0. The number of aromatic nitrogens is 1. The molecule has 6 aromatic rings. The van der Waals surface area contributed by atoms with Crippen LogP contribution in [-0.4, -0.2) is 37.3 Å². The number of nitrogens with one attached hydrogen (secondary N) is 1. The van der Waals surface area contributed by atoms with Crippen LogP contribution in [0, 0.1) is 0 Å². The second kappa shape index (κ2) is 15.9. The van der Waals surface area contributed by atoms with E-state index < -0.39 is 17.6 Å². The van der Waals surface area contributed by atoms with Crippen LogP contribution in [0.4, 0.5) is 0 Å². The maximum absolute atomic E-state index is 13.3. The van der Waals surface area contributed by atoms with Crippen LogP contribution in [0.15, 0.2) is 156 Å². The molecule has 0 aliphatic heterocycles. The van der Waals surface area contributed by atoms with Crippen molar-refractivity contribution in [3.63, 3.8) is 0 Å². The van der Waals surface area contributed by atoms with Gasteiger partial charge in [-0.05, 0) is 46.5 Å². The summed E-state index contributed by atoms with van der Waals surface area (Å²) in [7, 11) is 1.40. The minimum atomic E-state index is -0.847. The van der Waals surface area contributed by atoms with Crippen LogP contribution >= 0.6 is 0 Å². The number of carbonyl (C=O) groups is 1. The fraction of sp³-hybridized carbons (Fsp3) is 0.171. The average Bonchev–Trinajstić information content (AvgIpc) is 3.64. The van der Waals surface area contributed by atoms with Gasteiger partial charge in [-0.2, -0.15) is 0 Å². The van der Waals surface area contributed by atoms with Gasteiger partial charge >= 0.3 is 5.97 Å². The first-order chi connectivity index (χ1) is 23.7. The van der Waals surface area contributed by atoms with Crippen molar-refractivity contribution >= 4 is 5.97 Å². The predicted molar refractivity (Wildman–Crippen MR) is 185 cm³/mol. The highest BCUT2D eigenvalue weighted by Gasteiger charge is 2.40. The molecule has 242 valence electrons. The molecular formula is C41H38N2O5. The summed E-state index contributed by atoms with van der Waals surface area (Å²) in [5.74, 6) is 0.942. The van der Waals surface area contributed by atoms with Crippen molar-refractivity contribution in [2.24, 2.45) is 0 Å². The molecule has 1 N–H and O–H groups in total. The maximum Gasteiger partial charge on any atom is 0.325 e. The van der Waals surface area contributed by atoms with Crippen molar-refractivity contribution in [2.45, 2.75) is 24.6 Å². The number of oxazole rings is 1. The molecule has 0 bridgehead atoms. The lowest BCUT2D eigenvalue weighted by molar-refractivity contribution is -0.145. The summed E-state index contributed by atoms with van der Waals surface area (Å²) in [4.78, 5) is 17.8. The summed E-state index contributed by atoms with van der Waals surface area (Å²) < 4.78 is 23.0. The quantitative estimate of drug-likeness (QED) is 0.0916. The summed E-state index contributed by atoms with van der Waals surface area (Å²) in [5.41, 5.74) is 4.87. The molecule has 1 aromatic heterocycles. The van der Waals surface area contributed by atoms with Crippen molar-refractivity contribution in [1.82, 2.24) is 10.3 Å². The van der Waals surface area contributed by atoms with Gasteiger partial charge in [0, 0.05) is 12.0 Å². The lowest BCUT2D eigenvalue weighted by Crippen LogP contribution is -2.54. The topological polar surface area (TPSA) is 82.8 Å². The molecule has 7 heteroatoms. The SMILES string of the molecule is COC(=O)[C@H](COCc1ccc(OCCc2coc(-c3ccccc3)n2)cc1)NC(c1ccccc1)(c1ccccc1)c1ccccc1. The van der Waals surface area contributed by atoms with Gasteiger partial charge in [0.1, 0.15) is 18.1 Å². The maximum atomic E-state index is 13.3. The Hall–Kier alpha value is -5.50. The molecule has 48 heavy (non-hydrogen) atoms. The van der Waals surface area contributed by atoms with Gasteiger partial charge < -0.3 is 18.6 Å². The summed E-state index contributed by atoms with van der Waals surface area (Å²) in [6.07, 6.45) is 2.30. The molecule has 0 saturated heterocycles. The van der Waals surface area contributed by atoms with E-state index in [-0.39, 0.29) is 6.61 Å². The monoisotopic (exact) mass is 638 g/mol. The lowest BCUT2D eigenvalue weighted by atomic mass is 9.76. The molecule has 0 unspecified atom stereocenters. The molecule has 0 amide bonds. The highest BCUT2D eigenvalue weighted by molar-refractivity contribution is 5.76. The number of hydrogen-bond donors (Lipinski definition) is 1. The second-order valence-electron chi connectivity index (χ2n) is 11.3. The fourth-order valence-electron chi connectivity index (χ4n) is 5.77. The highest BCUT2D eigenvalue weighted by atomic mass is 16.5. The Bertz CT molecular complexity index is 1750. The Balaban J connectivity index is 1.11. The van der Waals surface area contributed by atoms with Gasteiger partial charge in [-0.25, -0.2) is 4.98 Å². The fourth-order valence-corrected chi connectivity index (χ4v) is 5.77. The van der Waals surface area contributed by atoms with E-state index in [0.29, 0.717) is 25.5 Å². The molecule has 1 heterocycles. The third-order valence-corrected chi connectivity index (χ3v) is 8.17.